The fourth-order valence-electron chi connectivity index (χ4n) is 2.88. The molecule has 3 unspecified atom stereocenters. The van der Waals surface area contributed by atoms with Gasteiger partial charge in [-0.1, -0.05) is 41.2 Å². The predicted octanol–water partition coefficient (Wildman–Crippen LogP) is 5.21. The van der Waals surface area contributed by atoms with E-state index < -0.39 is 0 Å². The van der Waals surface area contributed by atoms with Crippen LogP contribution >= 0.6 is 11.8 Å². The van der Waals surface area contributed by atoms with E-state index >= 15 is 0 Å². The van der Waals surface area contributed by atoms with Crippen LogP contribution in [0.5, 0.6) is 0 Å². The molecule has 21 heavy (non-hydrogen) atoms. The maximum absolute atomic E-state index is 4.69. The summed E-state index contributed by atoms with van der Waals surface area (Å²) in [5.74, 6) is 1.29. The van der Waals surface area contributed by atoms with Crippen LogP contribution in [0.1, 0.15) is 60.3 Å². The van der Waals surface area contributed by atoms with Crippen LogP contribution < -0.4 is 0 Å². The van der Waals surface area contributed by atoms with E-state index in [9.17, 15) is 0 Å². The molecular formula is C18H34N2S. The predicted molar refractivity (Wildman–Crippen MR) is 98.2 cm³/mol. The summed E-state index contributed by atoms with van der Waals surface area (Å²) in [6.07, 6.45) is 4.76. The van der Waals surface area contributed by atoms with Crippen molar-refractivity contribution in [3.8, 4) is 0 Å². The Morgan fingerprint density at radius 3 is 2.52 bits per heavy atom. The minimum Gasteiger partial charge on any atom is -0.375 e. The number of hydrogen-bond donors (Lipinski definition) is 0. The monoisotopic (exact) mass is 310 g/mol. The van der Waals surface area contributed by atoms with Crippen LogP contribution in [0.2, 0.25) is 0 Å². The molecule has 0 fully saturated rings. The lowest BCUT2D eigenvalue weighted by atomic mass is 9.98. The smallest absolute Gasteiger partial charge is 0.0707 e. The van der Waals surface area contributed by atoms with Gasteiger partial charge in [-0.2, -0.15) is 0 Å². The van der Waals surface area contributed by atoms with E-state index in [1.165, 1.54) is 30.0 Å². The van der Waals surface area contributed by atoms with Crippen molar-refractivity contribution in [1.29, 1.82) is 0 Å². The van der Waals surface area contributed by atoms with Crippen LogP contribution in [0.25, 0.3) is 0 Å². The Hall–Kier alpha value is -0.440. The van der Waals surface area contributed by atoms with Gasteiger partial charge in [-0.15, -0.1) is 11.8 Å². The van der Waals surface area contributed by atoms with Gasteiger partial charge in [-0.05, 0) is 31.6 Å². The number of hydrogen-bond acceptors (Lipinski definition) is 3. The summed E-state index contributed by atoms with van der Waals surface area (Å²) in [6.45, 7) is 16.7. The first kappa shape index (κ1) is 18.6. The standard InChI is InChI=1S/C18H34N2S/c1-8-17(20(7)15(5)11-13(2)3)10-9-14(4)18-19-12-16(6)21-18/h13-14,16-17H,5,8-12H2,1-4,6-7H3. The van der Waals surface area contributed by atoms with E-state index in [2.05, 4.69) is 58.1 Å². The van der Waals surface area contributed by atoms with Gasteiger partial charge in [0.1, 0.15) is 0 Å². The van der Waals surface area contributed by atoms with Gasteiger partial charge >= 0.3 is 0 Å². The molecule has 0 radical (unpaired) electrons. The van der Waals surface area contributed by atoms with Crippen molar-refractivity contribution in [3.05, 3.63) is 12.3 Å². The van der Waals surface area contributed by atoms with Crippen molar-refractivity contribution in [1.82, 2.24) is 4.90 Å². The Morgan fingerprint density at radius 2 is 2.05 bits per heavy atom. The van der Waals surface area contributed by atoms with E-state index in [0.29, 0.717) is 23.1 Å². The van der Waals surface area contributed by atoms with Crippen molar-refractivity contribution in [2.75, 3.05) is 13.6 Å². The van der Waals surface area contributed by atoms with Gasteiger partial charge in [0.15, 0.2) is 0 Å². The lowest BCUT2D eigenvalue weighted by Gasteiger charge is -2.32. The zero-order valence-corrected chi connectivity index (χ0v) is 15.7. The molecule has 0 aliphatic carbocycles. The first-order valence-corrected chi connectivity index (χ1v) is 9.34. The first-order chi connectivity index (χ1) is 9.85. The third kappa shape index (κ3) is 6.06. The van der Waals surface area contributed by atoms with Crippen LogP contribution in [-0.2, 0) is 0 Å². The van der Waals surface area contributed by atoms with Crippen LogP contribution in [-0.4, -0.2) is 34.8 Å². The Kier molecular flexibility index (Phi) is 7.86. The lowest BCUT2D eigenvalue weighted by molar-refractivity contribution is 0.258. The van der Waals surface area contributed by atoms with Crippen LogP contribution in [0, 0.1) is 11.8 Å². The number of aliphatic imine (C=N–C) groups is 1. The number of thioether (sulfide) groups is 1. The number of nitrogens with zero attached hydrogens (tertiary/aromatic N) is 2. The van der Waals surface area contributed by atoms with Gasteiger partial charge in [-0.25, -0.2) is 0 Å². The van der Waals surface area contributed by atoms with Gasteiger partial charge in [-0.3, -0.25) is 4.99 Å². The molecule has 3 atom stereocenters. The van der Waals surface area contributed by atoms with E-state index in [-0.39, 0.29) is 0 Å². The first-order valence-electron chi connectivity index (χ1n) is 8.46. The van der Waals surface area contributed by atoms with Gasteiger partial charge in [0.05, 0.1) is 11.6 Å². The highest BCUT2D eigenvalue weighted by Gasteiger charge is 2.22. The van der Waals surface area contributed by atoms with Crippen LogP contribution in [0.4, 0.5) is 0 Å². The molecule has 2 nitrogen and oxygen atoms in total. The topological polar surface area (TPSA) is 15.6 Å². The second-order valence-electron chi connectivity index (χ2n) is 6.92. The summed E-state index contributed by atoms with van der Waals surface area (Å²) in [6, 6.07) is 0.614. The molecule has 1 rings (SSSR count). The fraction of sp³-hybridized carbons (Fsp3) is 0.833. The third-order valence-corrected chi connectivity index (χ3v) is 5.67. The molecule has 1 aliphatic rings. The van der Waals surface area contributed by atoms with E-state index in [4.69, 9.17) is 0 Å². The Labute approximate surface area is 136 Å². The highest BCUT2D eigenvalue weighted by Crippen LogP contribution is 2.29. The van der Waals surface area contributed by atoms with E-state index in [1.807, 2.05) is 11.8 Å². The lowest BCUT2D eigenvalue weighted by Crippen LogP contribution is -2.31. The van der Waals surface area contributed by atoms with Crippen molar-refractivity contribution in [2.45, 2.75) is 71.6 Å². The highest BCUT2D eigenvalue weighted by molar-refractivity contribution is 8.14. The normalized spacial score (nSPS) is 21.3. The molecule has 0 aromatic rings. The van der Waals surface area contributed by atoms with Crippen LogP contribution in [0.3, 0.4) is 0 Å². The summed E-state index contributed by atoms with van der Waals surface area (Å²) in [5, 5.41) is 2.05. The van der Waals surface area contributed by atoms with Gasteiger partial charge in [0.2, 0.25) is 0 Å². The SMILES string of the molecule is C=C(CC(C)C)N(C)C(CC)CCC(C)C1=NCC(C)S1. The quantitative estimate of drug-likeness (QED) is 0.581. The summed E-state index contributed by atoms with van der Waals surface area (Å²) < 4.78 is 0. The average Bonchev–Trinajstić information content (AvgIpc) is 2.84. The Balaban J connectivity index is 2.44. The molecule has 0 spiro atoms. The molecule has 0 amide bonds. The Bertz CT molecular complexity index is 362. The molecule has 3 heteroatoms. The molecule has 0 bridgehead atoms. The second kappa shape index (κ2) is 8.87. The second-order valence-corrected chi connectivity index (χ2v) is 8.38. The molecule has 0 N–H and O–H groups in total. The van der Waals surface area contributed by atoms with Gasteiger partial charge in [0, 0.05) is 30.0 Å². The molecule has 1 heterocycles. The molecule has 0 aromatic heterocycles. The number of allylic oxidation sites excluding steroid dienone is 1. The molecule has 122 valence electrons. The Morgan fingerprint density at radius 1 is 1.38 bits per heavy atom. The average molecular weight is 311 g/mol. The zero-order valence-electron chi connectivity index (χ0n) is 14.9. The minimum atomic E-state index is 0.612. The van der Waals surface area contributed by atoms with Gasteiger partial charge in [0.25, 0.3) is 0 Å². The summed E-state index contributed by atoms with van der Waals surface area (Å²) in [4.78, 5) is 7.10. The third-order valence-electron chi connectivity index (χ3n) is 4.34. The summed E-state index contributed by atoms with van der Waals surface area (Å²) >= 11 is 1.97. The zero-order chi connectivity index (χ0) is 16.0. The van der Waals surface area contributed by atoms with Crippen molar-refractivity contribution < 1.29 is 0 Å². The maximum atomic E-state index is 4.69. The van der Waals surface area contributed by atoms with Crippen LogP contribution in [0.15, 0.2) is 17.3 Å². The molecule has 0 saturated heterocycles. The van der Waals surface area contributed by atoms with Crippen molar-refractivity contribution in [2.24, 2.45) is 16.8 Å². The fourth-order valence-corrected chi connectivity index (χ4v) is 3.94. The highest BCUT2D eigenvalue weighted by atomic mass is 32.2. The molecular weight excluding hydrogens is 276 g/mol. The van der Waals surface area contributed by atoms with Crippen molar-refractivity contribution in [3.63, 3.8) is 0 Å². The molecule has 1 aliphatic heterocycles. The van der Waals surface area contributed by atoms with E-state index in [0.717, 1.165) is 13.0 Å². The maximum Gasteiger partial charge on any atom is 0.0707 e. The van der Waals surface area contributed by atoms with E-state index in [1.54, 1.807) is 0 Å². The summed E-state index contributed by atoms with van der Waals surface area (Å²) in [5.41, 5.74) is 1.28. The minimum absolute atomic E-state index is 0.612. The summed E-state index contributed by atoms with van der Waals surface area (Å²) in [7, 11) is 2.22. The van der Waals surface area contributed by atoms with Crippen molar-refractivity contribution >= 4 is 16.8 Å². The number of rotatable bonds is 9. The van der Waals surface area contributed by atoms with Gasteiger partial charge < -0.3 is 4.90 Å². The molecule has 0 saturated carbocycles. The molecule has 0 aromatic carbocycles. The largest absolute Gasteiger partial charge is 0.375 e.